The van der Waals surface area contributed by atoms with Gasteiger partial charge in [-0.2, -0.15) is 0 Å². The summed E-state index contributed by atoms with van der Waals surface area (Å²) in [5.41, 5.74) is 13.9. The highest BCUT2D eigenvalue weighted by atomic mass is 35.5. The van der Waals surface area contributed by atoms with Crippen LogP contribution < -0.4 is 10.6 Å². The molecule has 0 saturated carbocycles. The number of Topliss-reactive ketones (excluding diaryl/α,β-unsaturated/α-hetero) is 2. The van der Waals surface area contributed by atoms with Gasteiger partial charge in [0, 0.05) is 113 Å². The fourth-order valence-corrected chi connectivity index (χ4v) is 10.2. The molecular weight excluding hydrogens is 1160 g/mol. The number of aromatic nitrogens is 6. The number of hydrogen-bond acceptors (Lipinski definition) is 7. The predicted octanol–water partition coefficient (Wildman–Crippen LogP) is 18.0. The van der Waals surface area contributed by atoms with Gasteiger partial charge in [0.1, 0.15) is 0 Å². The average molecular weight is 1220 g/mol. The van der Waals surface area contributed by atoms with Gasteiger partial charge in [-0.15, -0.1) is 11.6 Å². The molecule has 12 nitrogen and oxygen atoms in total. The molecule has 0 radical (unpaired) electrons. The van der Waals surface area contributed by atoms with Gasteiger partial charge in [-0.25, -0.2) is 0 Å². The number of alkyl halides is 1. The Balaban J connectivity index is 0.000000135. The second-order valence-corrected chi connectivity index (χ2v) is 22.0. The highest BCUT2D eigenvalue weighted by Crippen LogP contribution is 2.26. The number of aromatic amines is 2. The summed E-state index contributed by atoms with van der Waals surface area (Å²) in [5, 5.41) is 12.6. The first-order valence-corrected chi connectivity index (χ1v) is 29.4. The van der Waals surface area contributed by atoms with Gasteiger partial charge in [-0.3, -0.25) is 34.1 Å². The number of fused-ring (bicyclic) bond motifs is 6. The van der Waals surface area contributed by atoms with Gasteiger partial charge in [-0.05, 0) is 159 Å². The number of amides is 2. The second-order valence-electron chi connectivity index (χ2n) is 20.8. The number of carbonyl (C=O) groups excluding carboxylic acids is 4. The molecule has 0 atom stereocenters. The van der Waals surface area contributed by atoms with Crippen LogP contribution in [-0.2, 0) is 22.0 Å². The van der Waals surface area contributed by atoms with Crippen LogP contribution in [0.2, 0.25) is 10.0 Å². The lowest BCUT2D eigenvalue weighted by Crippen LogP contribution is -2.22. The molecule has 88 heavy (non-hydrogen) atoms. The van der Waals surface area contributed by atoms with Crippen molar-refractivity contribution in [2.75, 3.05) is 10.6 Å². The van der Waals surface area contributed by atoms with Gasteiger partial charge in [0.25, 0.3) is 23.4 Å². The normalized spacial score (nSPS) is 10.7. The number of aryl methyl sites for hydroxylation is 4. The summed E-state index contributed by atoms with van der Waals surface area (Å²) in [7, 11) is 0. The Morgan fingerprint density at radius 3 is 1.51 bits per heavy atom. The number of hydrogen-bond donors (Lipinski definition) is 4. The minimum Gasteiger partial charge on any atom is -0.361 e. The maximum absolute atomic E-state index is 13.1. The van der Waals surface area contributed by atoms with E-state index in [-0.39, 0.29) is 0 Å². The Bertz CT molecular complexity index is 4750. The quantitative estimate of drug-likeness (QED) is 0.0634. The van der Waals surface area contributed by atoms with Crippen LogP contribution in [0.5, 0.6) is 0 Å². The van der Waals surface area contributed by atoms with Crippen molar-refractivity contribution in [3.05, 3.63) is 292 Å². The number of pyridine rings is 3. The molecule has 6 heterocycles. The number of nitrogens with zero attached hydrogens (tertiary/aromatic N) is 4. The molecule has 0 aliphatic heterocycles. The topological polar surface area (TPSA) is 168 Å². The average Bonchev–Trinajstić information content (AvgIpc) is 3.44. The van der Waals surface area contributed by atoms with Crippen LogP contribution >= 0.6 is 34.8 Å². The fraction of sp³-hybridized carbons (Fsp3) is 0.0822. The van der Waals surface area contributed by atoms with Crippen molar-refractivity contribution in [3.8, 4) is 0 Å². The van der Waals surface area contributed by atoms with E-state index in [9.17, 15) is 19.2 Å². The number of carbonyl (C=O) groups is 4. The number of rotatable bonds is 9. The van der Waals surface area contributed by atoms with Gasteiger partial charge < -0.3 is 25.2 Å². The first-order chi connectivity index (χ1) is 42.6. The minimum atomic E-state index is -0.677. The molecule has 436 valence electrons. The monoisotopic (exact) mass is 1220 g/mol. The third kappa shape index (κ3) is 15.4. The van der Waals surface area contributed by atoms with Crippen molar-refractivity contribution in [3.63, 3.8) is 0 Å². The lowest BCUT2D eigenvalue weighted by atomic mass is 10.1. The fourth-order valence-electron chi connectivity index (χ4n) is 9.75. The maximum atomic E-state index is 13.1. The van der Waals surface area contributed by atoms with Crippen LogP contribution in [0.4, 0.5) is 11.4 Å². The molecule has 14 aromatic rings. The zero-order chi connectivity index (χ0) is 61.7. The van der Waals surface area contributed by atoms with Crippen molar-refractivity contribution in [1.82, 2.24) is 29.5 Å². The van der Waals surface area contributed by atoms with E-state index in [1.54, 1.807) is 24.5 Å². The molecule has 0 saturated heterocycles. The second kappa shape index (κ2) is 28.3. The number of nitrogens with one attached hydrogen (secondary N) is 4. The van der Waals surface area contributed by atoms with Crippen molar-refractivity contribution in [2.45, 2.75) is 40.1 Å². The molecular formula is C73H59Cl3N8O4. The van der Waals surface area contributed by atoms with Crippen molar-refractivity contribution in [1.29, 1.82) is 0 Å². The van der Waals surface area contributed by atoms with E-state index in [1.807, 2.05) is 195 Å². The maximum Gasteiger partial charge on any atom is 0.296 e. The lowest BCUT2D eigenvalue weighted by Gasteiger charge is -2.06. The van der Waals surface area contributed by atoms with Gasteiger partial charge in [0.2, 0.25) is 0 Å². The molecule has 0 fully saturated rings. The first-order valence-electron chi connectivity index (χ1n) is 28.2. The summed E-state index contributed by atoms with van der Waals surface area (Å²) in [6, 6.07) is 69.3. The van der Waals surface area contributed by atoms with Crippen molar-refractivity contribution in [2.24, 2.45) is 0 Å². The molecule has 2 amide bonds. The van der Waals surface area contributed by atoms with E-state index >= 15 is 0 Å². The van der Waals surface area contributed by atoms with Crippen molar-refractivity contribution >= 4 is 135 Å². The van der Waals surface area contributed by atoms with E-state index in [0.717, 1.165) is 82.4 Å². The summed E-state index contributed by atoms with van der Waals surface area (Å²) in [4.78, 5) is 70.3. The molecule has 0 aliphatic carbocycles. The SMILES string of the molecule is Cc1ccc2cc(NC(=O)C(=O)c3c[nH]c4ccccc34)ccc2n1.Cc1ccc2cc(NC(=O)C(=O)c3cn(Cc4ccc(Cl)cc4)c4ccccc34)ccc2n1.Cc1ccc2nc(C)ccc2c1.ClCc1ccc(Cl)cc1.c1ccc2[nH]ccc2c1. The summed E-state index contributed by atoms with van der Waals surface area (Å²) < 4.78 is 1.98. The van der Waals surface area contributed by atoms with Crippen LogP contribution in [-0.4, -0.2) is 52.9 Å². The lowest BCUT2D eigenvalue weighted by molar-refractivity contribution is -0.113. The van der Waals surface area contributed by atoms with Crippen LogP contribution in [0.3, 0.4) is 0 Å². The zero-order valence-corrected chi connectivity index (χ0v) is 50.8. The standard InChI is InChI=1S/C27H20ClN3O2.C20H15N3O2.C11H11N.C8H7N.C7H6Cl2/c1-17-6-9-19-14-21(12-13-24(19)29-17)30-27(33)26(32)23-16-31(25-5-3-2-4-22(23)25)15-18-7-10-20(28)11-8-18;1-12-6-7-13-10-14(8-9-17(13)22-12)23-20(25)19(24)16-11-21-18-5-3-2-4-15(16)18;1-8-3-6-11-10(7-8)5-4-9(2)12-11;1-2-4-8-7(3-1)5-6-9-8;8-5-6-1-3-7(9)4-2-6/h2-14,16H,15H2,1H3,(H,30,33);2-11,21H,1H3,(H,23,25);3-7H,1-2H3;1-6,9H;1-4H,5H2. The predicted molar refractivity (Wildman–Crippen MR) is 360 cm³/mol. The number of benzene rings is 8. The molecule has 0 aliphatic rings. The third-order valence-electron chi connectivity index (χ3n) is 14.2. The first kappa shape index (κ1) is 60.9. The smallest absolute Gasteiger partial charge is 0.296 e. The summed E-state index contributed by atoms with van der Waals surface area (Å²) in [6.07, 6.45) is 5.26. The minimum absolute atomic E-state index is 0.367. The molecule has 0 bridgehead atoms. The summed E-state index contributed by atoms with van der Waals surface area (Å²) in [5.74, 6) is -1.94. The highest BCUT2D eigenvalue weighted by molar-refractivity contribution is 6.49. The van der Waals surface area contributed by atoms with Crippen LogP contribution in [0.25, 0.3) is 65.4 Å². The van der Waals surface area contributed by atoms with E-state index in [1.165, 1.54) is 21.9 Å². The van der Waals surface area contributed by atoms with Gasteiger partial charge in [-0.1, -0.05) is 132 Å². The largest absolute Gasteiger partial charge is 0.361 e. The molecule has 14 rings (SSSR count). The third-order valence-corrected chi connectivity index (χ3v) is 15.0. The Morgan fingerprint density at radius 1 is 0.455 bits per heavy atom. The van der Waals surface area contributed by atoms with E-state index in [0.29, 0.717) is 39.9 Å². The van der Waals surface area contributed by atoms with E-state index < -0.39 is 23.4 Å². The molecule has 0 unspecified atom stereocenters. The number of H-pyrrole nitrogens is 2. The Morgan fingerprint density at radius 2 is 0.943 bits per heavy atom. The van der Waals surface area contributed by atoms with Gasteiger partial charge in [0.15, 0.2) is 0 Å². The number of ketones is 2. The molecule has 0 spiro atoms. The molecule has 8 aromatic carbocycles. The Hall–Kier alpha value is -10.2. The van der Waals surface area contributed by atoms with Crippen LogP contribution in [0, 0.1) is 27.7 Å². The summed E-state index contributed by atoms with van der Waals surface area (Å²) in [6.45, 7) is 8.52. The Labute approximate surface area is 523 Å². The number of para-hydroxylation sites is 3. The van der Waals surface area contributed by atoms with Crippen LogP contribution in [0.1, 0.15) is 54.5 Å². The highest BCUT2D eigenvalue weighted by Gasteiger charge is 2.23. The Kier molecular flexibility index (Phi) is 19.6. The molecule has 6 aromatic heterocycles. The van der Waals surface area contributed by atoms with Crippen molar-refractivity contribution < 1.29 is 19.2 Å². The zero-order valence-electron chi connectivity index (χ0n) is 48.5. The number of halogens is 3. The van der Waals surface area contributed by atoms with Crippen LogP contribution in [0.15, 0.2) is 237 Å². The van der Waals surface area contributed by atoms with Gasteiger partial charge in [0.05, 0.1) is 27.7 Å². The summed E-state index contributed by atoms with van der Waals surface area (Å²) >= 11 is 17.2. The van der Waals surface area contributed by atoms with E-state index in [2.05, 4.69) is 84.9 Å². The molecule has 4 N–H and O–H groups in total. The van der Waals surface area contributed by atoms with E-state index in [4.69, 9.17) is 34.8 Å². The number of anilines is 2. The van der Waals surface area contributed by atoms with Gasteiger partial charge >= 0.3 is 0 Å². The molecule has 15 heteroatoms.